The molecule has 6 heteroatoms. The van der Waals surface area contributed by atoms with E-state index in [0.29, 0.717) is 23.1 Å². The largest absolute Gasteiger partial charge is 0.485 e. The molecule has 6 nitrogen and oxygen atoms in total. The number of ether oxygens (including phenoxy) is 3. The molecule has 1 heterocycles. The molecule has 0 aromatic heterocycles. The number of rotatable bonds is 5. The highest BCUT2D eigenvalue weighted by molar-refractivity contribution is 5.95. The van der Waals surface area contributed by atoms with Crippen LogP contribution in [0.4, 0.5) is 5.69 Å². The standard InChI is InChI=1S/C21H23NO5/c1-13(2)15-8-10-16(11-9-15)22-20(23)14(3)26-21(24)19-12-25-17-6-4-5-7-18(17)27-19/h4-11,13-14,19H,12H2,1-3H3,(H,22,23)/t14-,19-/m1/s1. The summed E-state index contributed by atoms with van der Waals surface area (Å²) in [7, 11) is 0. The van der Waals surface area contributed by atoms with Gasteiger partial charge in [-0.05, 0) is 42.7 Å². The fourth-order valence-corrected chi connectivity index (χ4v) is 2.63. The summed E-state index contributed by atoms with van der Waals surface area (Å²) in [6.45, 7) is 5.77. The fraction of sp³-hybridized carbons (Fsp3) is 0.333. The molecule has 0 bridgehead atoms. The molecule has 2 aromatic rings. The summed E-state index contributed by atoms with van der Waals surface area (Å²) in [6, 6.07) is 14.7. The van der Waals surface area contributed by atoms with Crippen LogP contribution in [0, 0.1) is 0 Å². The number of anilines is 1. The van der Waals surface area contributed by atoms with Crippen LogP contribution >= 0.6 is 0 Å². The zero-order chi connectivity index (χ0) is 19.4. The second-order valence-electron chi connectivity index (χ2n) is 6.71. The van der Waals surface area contributed by atoms with E-state index in [1.54, 1.807) is 18.2 Å². The summed E-state index contributed by atoms with van der Waals surface area (Å²) in [5.74, 6) is 0.433. The number of para-hydroxylation sites is 2. The van der Waals surface area contributed by atoms with E-state index in [4.69, 9.17) is 14.2 Å². The van der Waals surface area contributed by atoms with E-state index in [9.17, 15) is 9.59 Å². The van der Waals surface area contributed by atoms with Crippen LogP contribution in [0.5, 0.6) is 11.5 Å². The van der Waals surface area contributed by atoms with E-state index in [2.05, 4.69) is 19.2 Å². The molecule has 1 aliphatic heterocycles. The summed E-state index contributed by atoms with van der Waals surface area (Å²) < 4.78 is 16.3. The molecule has 2 atom stereocenters. The lowest BCUT2D eigenvalue weighted by Crippen LogP contribution is -2.41. The number of carbonyl (C=O) groups is 2. The maximum Gasteiger partial charge on any atom is 0.351 e. The van der Waals surface area contributed by atoms with Gasteiger partial charge in [0.1, 0.15) is 6.61 Å². The van der Waals surface area contributed by atoms with Crippen molar-refractivity contribution in [2.45, 2.75) is 38.9 Å². The summed E-state index contributed by atoms with van der Waals surface area (Å²) in [4.78, 5) is 24.6. The highest BCUT2D eigenvalue weighted by atomic mass is 16.6. The van der Waals surface area contributed by atoms with Crippen LogP contribution < -0.4 is 14.8 Å². The maximum atomic E-state index is 12.3. The van der Waals surface area contributed by atoms with Gasteiger partial charge in [-0.1, -0.05) is 38.1 Å². The van der Waals surface area contributed by atoms with Crippen molar-refractivity contribution >= 4 is 17.6 Å². The number of carbonyl (C=O) groups excluding carboxylic acids is 2. The molecule has 0 saturated heterocycles. The Hall–Kier alpha value is -3.02. The molecular formula is C21H23NO5. The normalized spacial score (nSPS) is 16.5. The molecule has 3 rings (SSSR count). The Balaban J connectivity index is 1.54. The van der Waals surface area contributed by atoms with Crippen LogP contribution in [0.3, 0.4) is 0 Å². The quantitative estimate of drug-likeness (QED) is 0.817. The second-order valence-corrected chi connectivity index (χ2v) is 6.71. The lowest BCUT2D eigenvalue weighted by Gasteiger charge is -2.25. The predicted octanol–water partition coefficient (Wildman–Crippen LogP) is 3.52. The number of amides is 1. The van der Waals surface area contributed by atoms with Crippen LogP contribution in [0.25, 0.3) is 0 Å². The number of hydrogen-bond acceptors (Lipinski definition) is 5. The van der Waals surface area contributed by atoms with Gasteiger partial charge < -0.3 is 19.5 Å². The van der Waals surface area contributed by atoms with Crippen LogP contribution in [0.2, 0.25) is 0 Å². The van der Waals surface area contributed by atoms with E-state index in [-0.39, 0.29) is 6.61 Å². The number of nitrogens with one attached hydrogen (secondary N) is 1. The maximum absolute atomic E-state index is 12.3. The minimum Gasteiger partial charge on any atom is -0.485 e. The zero-order valence-electron chi connectivity index (χ0n) is 15.6. The molecule has 0 aliphatic carbocycles. The highest BCUT2D eigenvalue weighted by Crippen LogP contribution is 2.31. The first kappa shape index (κ1) is 18.8. The van der Waals surface area contributed by atoms with Gasteiger partial charge in [0.25, 0.3) is 5.91 Å². The van der Waals surface area contributed by atoms with Gasteiger partial charge in [-0.2, -0.15) is 0 Å². The van der Waals surface area contributed by atoms with Crippen molar-refractivity contribution < 1.29 is 23.8 Å². The van der Waals surface area contributed by atoms with Crippen molar-refractivity contribution in [3.05, 3.63) is 54.1 Å². The van der Waals surface area contributed by atoms with E-state index >= 15 is 0 Å². The van der Waals surface area contributed by atoms with Crippen molar-refractivity contribution in [2.75, 3.05) is 11.9 Å². The molecule has 142 valence electrons. The third kappa shape index (κ3) is 4.58. The lowest BCUT2D eigenvalue weighted by atomic mass is 10.0. The summed E-state index contributed by atoms with van der Waals surface area (Å²) in [5.41, 5.74) is 1.83. The topological polar surface area (TPSA) is 73.9 Å². The zero-order valence-corrected chi connectivity index (χ0v) is 15.6. The van der Waals surface area contributed by atoms with Crippen molar-refractivity contribution in [2.24, 2.45) is 0 Å². The first-order valence-corrected chi connectivity index (χ1v) is 8.94. The van der Waals surface area contributed by atoms with Crippen LogP contribution in [-0.4, -0.2) is 30.7 Å². The first-order chi connectivity index (χ1) is 12.9. The molecule has 0 unspecified atom stereocenters. The molecular weight excluding hydrogens is 346 g/mol. The number of benzene rings is 2. The van der Waals surface area contributed by atoms with Crippen LogP contribution in [0.15, 0.2) is 48.5 Å². The molecule has 1 aliphatic rings. The molecule has 0 radical (unpaired) electrons. The van der Waals surface area contributed by atoms with Crippen LogP contribution in [-0.2, 0) is 14.3 Å². The van der Waals surface area contributed by atoms with Gasteiger partial charge >= 0.3 is 5.97 Å². The van der Waals surface area contributed by atoms with Gasteiger partial charge in [-0.25, -0.2) is 4.79 Å². The van der Waals surface area contributed by atoms with Gasteiger partial charge in [0, 0.05) is 5.69 Å². The molecule has 0 saturated carbocycles. The Bertz CT molecular complexity index is 816. The van der Waals surface area contributed by atoms with E-state index in [1.807, 2.05) is 30.3 Å². The average Bonchev–Trinajstić information content (AvgIpc) is 2.67. The highest BCUT2D eigenvalue weighted by Gasteiger charge is 2.31. The second kappa shape index (κ2) is 8.12. The Kier molecular flexibility index (Phi) is 5.64. The fourth-order valence-electron chi connectivity index (χ4n) is 2.63. The van der Waals surface area contributed by atoms with Gasteiger partial charge in [0.05, 0.1) is 0 Å². The minimum absolute atomic E-state index is 0.0425. The van der Waals surface area contributed by atoms with E-state index in [1.165, 1.54) is 12.5 Å². The first-order valence-electron chi connectivity index (χ1n) is 8.94. The van der Waals surface area contributed by atoms with Gasteiger partial charge in [-0.15, -0.1) is 0 Å². The van der Waals surface area contributed by atoms with Crippen molar-refractivity contribution in [1.29, 1.82) is 0 Å². The van der Waals surface area contributed by atoms with Crippen LogP contribution in [0.1, 0.15) is 32.3 Å². The van der Waals surface area contributed by atoms with Gasteiger partial charge in [0.2, 0.25) is 6.10 Å². The Labute approximate surface area is 158 Å². The Morgan fingerprint density at radius 3 is 2.37 bits per heavy atom. The summed E-state index contributed by atoms with van der Waals surface area (Å²) in [6.07, 6.45) is -1.86. The lowest BCUT2D eigenvalue weighted by molar-refractivity contribution is -0.162. The predicted molar refractivity (Wildman–Crippen MR) is 101 cm³/mol. The van der Waals surface area contributed by atoms with Gasteiger partial charge in [-0.3, -0.25) is 4.79 Å². The monoisotopic (exact) mass is 369 g/mol. The van der Waals surface area contributed by atoms with E-state index < -0.39 is 24.1 Å². The Morgan fingerprint density at radius 2 is 1.70 bits per heavy atom. The summed E-state index contributed by atoms with van der Waals surface area (Å²) in [5, 5.41) is 2.74. The van der Waals surface area contributed by atoms with Crippen molar-refractivity contribution in [3.63, 3.8) is 0 Å². The SMILES string of the molecule is CC(C)c1ccc(NC(=O)[C@@H](C)OC(=O)[C@H]2COc3ccccc3O2)cc1. The third-order valence-electron chi connectivity index (χ3n) is 4.28. The molecule has 1 amide bonds. The summed E-state index contributed by atoms with van der Waals surface area (Å²) >= 11 is 0. The number of fused-ring (bicyclic) bond motifs is 1. The molecule has 2 aromatic carbocycles. The molecule has 27 heavy (non-hydrogen) atoms. The van der Waals surface area contributed by atoms with Crippen molar-refractivity contribution in [1.82, 2.24) is 0 Å². The average molecular weight is 369 g/mol. The molecule has 0 fully saturated rings. The number of hydrogen-bond donors (Lipinski definition) is 1. The molecule has 0 spiro atoms. The number of esters is 1. The minimum atomic E-state index is -0.956. The van der Waals surface area contributed by atoms with E-state index in [0.717, 1.165) is 0 Å². The smallest absolute Gasteiger partial charge is 0.351 e. The van der Waals surface area contributed by atoms with Gasteiger partial charge in [0.15, 0.2) is 17.6 Å². The van der Waals surface area contributed by atoms with Crippen molar-refractivity contribution in [3.8, 4) is 11.5 Å². The third-order valence-corrected chi connectivity index (χ3v) is 4.28. The molecule has 1 N–H and O–H groups in total. The Morgan fingerprint density at radius 1 is 1.04 bits per heavy atom.